The normalized spacial score (nSPS) is 14.2. The summed E-state index contributed by atoms with van der Waals surface area (Å²) in [6.07, 6.45) is 0. The van der Waals surface area contributed by atoms with Crippen LogP contribution in [-0.2, 0) is 11.0 Å². The fourth-order valence-electron chi connectivity index (χ4n) is 2.72. The van der Waals surface area contributed by atoms with Crippen molar-refractivity contribution in [1.82, 2.24) is 9.78 Å². The summed E-state index contributed by atoms with van der Waals surface area (Å²) in [5.74, 6) is 1.75. The lowest BCUT2D eigenvalue weighted by molar-refractivity contribution is 0.102. The molecule has 1 aromatic heterocycles. The topological polar surface area (TPSA) is 65.4 Å². The van der Waals surface area contributed by atoms with Gasteiger partial charge in [-0.15, -0.1) is 0 Å². The Balaban J connectivity index is 1.90. The van der Waals surface area contributed by atoms with Crippen molar-refractivity contribution in [2.24, 2.45) is 0 Å². The van der Waals surface area contributed by atoms with Crippen LogP contribution in [-0.4, -0.2) is 28.9 Å². The van der Waals surface area contributed by atoms with E-state index < -0.39 is 0 Å². The summed E-state index contributed by atoms with van der Waals surface area (Å²) >= 11 is 0. The van der Waals surface area contributed by atoms with E-state index in [0.29, 0.717) is 36.1 Å². The maximum Gasteiger partial charge on any atom is 0.256 e. The molecule has 0 bridgehead atoms. The number of aromatic nitrogens is 2. The molecule has 3 rings (SSSR count). The SMILES string of the molecule is CC(C)(C)c1cc(NC(=O)c2ccc3c(c2)OCCO3)n(C(C)(C)C)n1. The van der Waals surface area contributed by atoms with Gasteiger partial charge in [-0.2, -0.15) is 5.10 Å². The van der Waals surface area contributed by atoms with Crippen LogP contribution in [0.25, 0.3) is 0 Å². The second kappa shape index (κ2) is 6.34. The Morgan fingerprint density at radius 2 is 1.69 bits per heavy atom. The second-order valence-corrected chi connectivity index (χ2v) is 8.56. The van der Waals surface area contributed by atoms with E-state index in [4.69, 9.17) is 14.6 Å². The first-order chi connectivity index (χ1) is 12.1. The minimum absolute atomic E-state index is 0.104. The number of fused-ring (bicyclic) bond motifs is 1. The Morgan fingerprint density at radius 3 is 2.31 bits per heavy atom. The number of nitrogens with one attached hydrogen (secondary N) is 1. The van der Waals surface area contributed by atoms with Gasteiger partial charge in [0.05, 0.1) is 11.2 Å². The van der Waals surface area contributed by atoms with Crippen molar-refractivity contribution in [3.8, 4) is 11.5 Å². The zero-order chi connectivity index (χ0) is 19.1. The largest absolute Gasteiger partial charge is 0.486 e. The first-order valence-corrected chi connectivity index (χ1v) is 8.88. The Bertz CT molecular complexity index is 826. The molecule has 1 aliphatic heterocycles. The Labute approximate surface area is 154 Å². The Kier molecular flexibility index (Phi) is 4.46. The lowest BCUT2D eigenvalue weighted by Gasteiger charge is -2.23. The lowest BCUT2D eigenvalue weighted by atomic mass is 9.92. The summed E-state index contributed by atoms with van der Waals surface area (Å²) in [7, 11) is 0. The van der Waals surface area contributed by atoms with Gasteiger partial charge < -0.3 is 14.8 Å². The molecule has 6 heteroatoms. The van der Waals surface area contributed by atoms with Gasteiger partial charge in [0.1, 0.15) is 19.0 Å². The predicted molar refractivity (Wildman–Crippen MR) is 101 cm³/mol. The van der Waals surface area contributed by atoms with Crippen LogP contribution < -0.4 is 14.8 Å². The number of nitrogens with zero attached hydrogens (tertiary/aromatic N) is 2. The smallest absolute Gasteiger partial charge is 0.256 e. The third kappa shape index (κ3) is 3.69. The van der Waals surface area contributed by atoms with Crippen LogP contribution in [0.4, 0.5) is 5.82 Å². The van der Waals surface area contributed by atoms with E-state index in [2.05, 4.69) is 46.9 Å². The third-order valence-corrected chi connectivity index (χ3v) is 4.16. The molecule has 0 spiro atoms. The molecule has 0 atom stereocenters. The quantitative estimate of drug-likeness (QED) is 0.883. The summed E-state index contributed by atoms with van der Waals surface area (Å²) < 4.78 is 12.9. The molecule has 0 fully saturated rings. The third-order valence-electron chi connectivity index (χ3n) is 4.16. The van der Waals surface area contributed by atoms with Crippen molar-refractivity contribution in [2.45, 2.75) is 52.5 Å². The maximum atomic E-state index is 12.8. The number of carbonyl (C=O) groups excluding carboxylic acids is 1. The highest BCUT2D eigenvalue weighted by Crippen LogP contribution is 2.32. The van der Waals surface area contributed by atoms with E-state index in [1.165, 1.54) is 0 Å². The fraction of sp³-hybridized carbons (Fsp3) is 0.500. The van der Waals surface area contributed by atoms with E-state index in [-0.39, 0.29) is 16.9 Å². The molecule has 1 amide bonds. The van der Waals surface area contributed by atoms with E-state index in [1.54, 1.807) is 18.2 Å². The van der Waals surface area contributed by atoms with Gasteiger partial charge in [-0.3, -0.25) is 4.79 Å². The fourth-order valence-corrected chi connectivity index (χ4v) is 2.72. The molecule has 0 unspecified atom stereocenters. The first-order valence-electron chi connectivity index (χ1n) is 8.88. The molecule has 2 aromatic rings. The number of ether oxygens (including phenoxy) is 2. The van der Waals surface area contributed by atoms with Crippen molar-refractivity contribution in [2.75, 3.05) is 18.5 Å². The van der Waals surface area contributed by atoms with Crippen molar-refractivity contribution < 1.29 is 14.3 Å². The minimum atomic E-state index is -0.251. The molecule has 140 valence electrons. The van der Waals surface area contributed by atoms with Crippen LogP contribution in [0.15, 0.2) is 24.3 Å². The summed E-state index contributed by atoms with van der Waals surface area (Å²) in [5, 5.41) is 7.72. The number of rotatable bonds is 2. The Morgan fingerprint density at radius 1 is 1.04 bits per heavy atom. The van der Waals surface area contributed by atoms with Crippen LogP contribution in [0.3, 0.4) is 0 Å². The molecular weight excluding hydrogens is 330 g/mol. The molecule has 6 nitrogen and oxygen atoms in total. The van der Waals surface area contributed by atoms with E-state index in [0.717, 1.165) is 5.69 Å². The van der Waals surface area contributed by atoms with Crippen LogP contribution in [0.2, 0.25) is 0 Å². The maximum absolute atomic E-state index is 12.8. The Hall–Kier alpha value is -2.50. The van der Waals surface area contributed by atoms with Crippen LogP contribution in [0.1, 0.15) is 57.6 Å². The molecular formula is C20H27N3O3. The first kappa shape index (κ1) is 18.3. The van der Waals surface area contributed by atoms with Crippen molar-refractivity contribution in [3.05, 3.63) is 35.5 Å². The van der Waals surface area contributed by atoms with Crippen LogP contribution in [0.5, 0.6) is 11.5 Å². The van der Waals surface area contributed by atoms with Gasteiger partial charge in [0.25, 0.3) is 5.91 Å². The zero-order valence-electron chi connectivity index (χ0n) is 16.3. The van der Waals surface area contributed by atoms with Gasteiger partial charge in [-0.05, 0) is 39.0 Å². The predicted octanol–water partition coefficient (Wildman–Crippen LogP) is 3.96. The van der Waals surface area contributed by atoms with Crippen LogP contribution >= 0.6 is 0 Å². The highest BCUT2D eigenvalue weighted by Gasteiger charge is 2.26. The standard InChI is InChI=1S/C20H27N3O3/c1-19(2,3)16-12-17(23(22-16)20(4,5)6)21-18(24)13-7-8-14-15(11-13)26-10-9-25-14/h7-8,11-12H,9-10H2,1-6H3,(H,21,24). The summed E-state index contributed by atoms with van der Waals surface area (Å²) in [6.45, 7) is 13.5. The number of carbonyl (C=O) groups is 1. The monoisotopic (exact) mass is 357 g/mol. The average molecular weight is 357 g/mol. The number of amides is 1. The summed E-state index contributed by atoms with van der Waals surface area (Å²) in [4.78, 5) is 12.8. The van der Waals surface area contributed by atoms with Crippen LogP contribution in [0, 0.1) is 0 Å². The second-order valence-electron chi connectivity index (χ2n) is 8.56. The van der Waals surface area contributed by atoms with Gasteiger partial charge in [-0.25, -0.2) is 4.68 Å². The van der Waals surface area contributed by atoms with E-state index >= 15 is 0 Å². The van der Waals surface area contributed by atoms with Crippen molar-refractivity contribution >= 4 is 11.7 Å². The molecule has 0 saturated heterocycles. The minimum Gasteiger partial charge on any atom is -0.486 e. The van der Waals surface area contributed by atoms with Crippen molar-refractivity contribution in [1.29, 1.82) is 0 Å². The highest BCUT2D eigenvalue weighted by molar-refractivity contribution is 6.04. The van der Waals surface area contributed by atoms with Gasteiger partial charge >= 0.3 is 0 Å². The molecule has 1 N–H and O–H groups in total. The van der Waals surface area contributed by atoms with E-state index in [9.17, 15) is 4.79 Å². The molecule has 1 aromatic carbocycles. The van der Waals surface area contributed by atoms with Gasteiger partial charge in [-0.1, -0.05) is 20.8 Å². The molecule has 26 heavy (non-hydrogen) atoms. The number of hydrogen-bond acceptors (Lipinski definition) is 4. The molecule has 0 radical (unpaired) electrons. The van der Waals surface area contributed by atoms with Gasteiger partial charge in [0.15, 0.2) is 11.5 Å². The molecule has 1 aliphatic rings. The van der Waals surface area contributed by atoms with Crippen molar-refractivity contribution in [3.63, 3.8) is 0 Å². The number of benzene rings is 1. The number of hydrogen-bond donors (Lipinski definition) is 1. The van der Waals surface area contributed by atoms with Gasteiger partial charge in [0, 0.05) is 17.0 Å². The summed E-state index contributed by atoms with van der Waals surface area (Å²) in [5.41, 5.74) is 1.10. The summed E-state index contributed by atoms with van der Waals surface area (Å²) in [6, 6.07) is 7.17. The highest BCUT2D eigenvalue weighted by atomic mass is 16.6. The molecule has 0 aliphatic carbocycles. The average Bonchev–Trinajstić information content (AvgIpc) is 2.98. The number of anilines is 1. The molecule has 2 heterocycles. The molecule has 0 saturated carbocycles. The zero-order valence-corrected chi connectivity index (χ0v) is 16.3. The lowest BCUT2D eigenvalue weighted by Crippen LogP contribution is -2.27. The van der Waals surface area contributed by atoms with E-state index in [1.807, 2.05) is 10.7 Å². The van der Waals surface area contributed by atoms with Gasteiger partial charge in [0.2, 0.25) is 0 Å².